The maximum absolute atomic E-state index is 4.42. The van der Waals surface area contributed by atoms with Crippen LogP contribution < -0.4 is 5.32 Å². The molecule has 0 atom stereocenters. The van der Waals surface area contributed by atoms with Crippen LogP contribution in [0.4, 0.5) is 11.4 Å². The van der Waals surface area contributed by atoms with Crippen molar-refractivity contribution in [1.29, 1.82) is 0 Å². The van der Waals surface area contributed by atoms with Gasteiger partial charge in [0.1, 0.15) is 5.52 Å². The van der Waals surface area contributed by atoms with Crippen LogP contribution in [0.3, 0.4) is 0 Å². The summed E-state index contributed by atoms with van der Waals surface area (Å²) in [7, 11) is 0. The fourth-order valence-electron chi connectivity index (χ4n) is 1.80. The lowest BCUT2D eigenvalue weighted by atomic mass is 10.2. The Morgan fingerprint density at radius 3 is 2.63 bits per heavy atom. The van der Waals surface area contributed by atoms with E-state index < -0.39 is 0 Å². The fourth-order valence-corrected chi connectivity index (χ4v) is 2.47. The highest BCUT2D eigenvalue weighted by Gasteiger charge is 2.04. The number of benzene rings is 1. The van der Waals surface area contributed by atoms with Crippen molar-refractivity contribution in [3.8, 4) is 0 Å². The van der Waals surface area contributed by atoms with Gasteiger partial charge in [-0.25, -0.2) is 0 Å². The molecular formula is C14H9BrIN3. The molecule has 0 spiro atoms. The van der Waals surface area contributed by atoms with Crippen LogP contribution in [-0.2, 0) is 0 Å². The summed E-state index contributed by atoms with van der Waals surface area (Å²) in [6, 6.07) is 12.1. The van der Waals surface area contributed by atoms with Crippen LogP contribution in [0.15, 0.2) is 53.3 Å². The molecule has 1 N–H and O–H groups in total. The molecule has 5 heteroatoms. The van der Waals surface area contributed by atoms with Gasteiger partial charge in [-0.2, -0.15) is 0 Å². The fraction of sp³-hybridized carbons (Fsp3) is 0. The number of nitrogens with one attached hydrogen (secondary N) is 1. The molecule has 0 amide bonds. The minimum atomic E-state index is 0.865. The van der Waals surface area contributed by atoms with Gasteiger partial charge in [-0.1, -0.05) is 0 Å². The number of pyridine rings is 2. The van der Waals surface area contributed by atoms with Gasteiger partial charge >= 0.3 is 0 Å². The van der Waals surface area contributed by atoms with Crippen LogP contribution >= 0.6 is 38.5 Å². The van der Waals surface area contributed by atoms with E-state index in [0.29, 0.717) is 0 Å². The lowest BCUT2D eigenvalue weighted by Crippen LogP contribution is -1.94. The highest BCUT2D eigenvalue weighted by atomic mass is 127. The van der Waals surface area contributed by atoms with Gasteiger partial charge in [0.05, 0.1) is 11.2 Å². The van der Waals surface area contributed by atoms with Crippen LogP contribution in [0.2, 0.25) is 0 Å². The molecule has 3 aromatic rings. The number of hydrogen-bond donors (Lipinski definition) is 1. The number of rotatable bonds is 2. The average molecular weight is 426 g/mol. The molecular weight excluding hydrogens is 417 g/mol. The Hall–Kier alpha value is -1.21. The normalized spacial score (nSPS) is 10.6. The quantitative estimate of drug-likeness (QED) is 0.602. The summed E-state index contributed by atoms with van der Waals surface area (Å²) >= 11 is 5.70. The van der Waals surface area contributed by atoms with E-state index in [0.717, 1.165) is 26.9 Å². The van der Waals surface area contributed by atoms with Crippen LogP contribution in [0.5, 0.6) is 0 Å². The Kier molecular flexibility index (Phi) is 3.65. The maximum atomic E-state index is 4.42. The highest BCUT2D eigenvalue weighted by molar-refractivity contribution is 14.1. The standard InChI is InChI=1S/C14H9BrIN3/c15-9-7-13-14(18-8-9)12(5-6-17-13)19-11-3-1-10(16)2-4-11/h1-8H,(H,17,19). The number of anilines is 2. The van der Waals surface area contributed by atoms with Gasteiger partial charge < -0.3 is 5.32 Å². The molecule has 0 saturated heterocycles. The molecule has 1 aromatic carbocycles. The van der Waals surface area contributed by atoms with Gasteiger partial charge in [0.2, 0.25) is 0 Å². The van der Waals surface area contributed by atoms with E-state index in [2.05, 4.69) is 65.9 Å². The summed E-state index contributed by atoms with van der Waals surface area (Å²) < 4.78 is 2.14. The number of fused-ring (bicyclic) bond motifs is 1. The van der Waals surface area contributed by atoms with Gasteiger partial charge in [0.15, 0.2) is 0 Å². The molecule has 2 heterocycles. The Bertz CT molecular complexity index is 728. The van der Waals surface area contributed by atoms with Crippen molar-refractivity contribution in [1.82, 2.24) is 9.97 Å². The Morgan fingerprint density at radius 2 is 1.84 bits per heavy atom. The van der Waals surface area contributed by atoms with Crippen molar-refractivity contribution < 1.29 is 0 Å². The van der Waals surface area contributed by atoms with Gasteiger partial charge in [0, 0.05) is 26.1 Å². The SMILES string of the molecule is Brc1cnc2c(Nc3ccc(I)cc3)ccnc2c1. The van der Waals surface area contributed by atoms with Crippen molar-refractivity contribution in [2.75, 3.05) is 5.32 Å². The molecule has 0 radical (unpaired) electrons. The predicted octanol–water partition coefficient (Wildman–Crippen LogP) is 4.74. The van der Waals surface area contributed by atoms with E-state index in [1.807, 2.05) is 24.3 Å². The summed E-state index contributed by atoms with van der Waals surface area (Å²) in [6.45, 7) is 0. The summed E-state index contributed by atoms with van der Waals surface area (Å²) in [5, 5.41) is 3.37. The zero-order valence-corrected chi connectivity index (χ0v) is 13.5. The minimum Gasteiger partial charge on any atom is -0.354 e. The molecule has 0 aliphatic heterocycles. The maximum Gasteiger partial charge on any atom is 0.112 e. The van der Waals surface area contributed by atoms with Crippen molar-refractivity contribution in [2.24, 2.45) is 0 Å². The van der Waals surface area contributed by atoms with E-state index in [1.54, 1.807) is 12.4 Å². The van der Waals surface area contributed by atoms with Crippen LogP contribution in [0.1, 0.15) is 0 Å². The second kappa shape index (κ2) is 5.42. The Balaban J connectivity index is 2.03. The third-order valence-electron chi connectivity index (χ3n) is 2.67. The molecule has 0 aliphatic rings. The first-order chi connectivity index (χ1) is 9.22. The topological polar surface area (TPSA) is 37.8 Å². The highest BCUT2D eigenvalue weighted by Crippen LogP contribution is 2.25. The zero-order valence-electron chi connectivity index (χ0n) is 9.77. The predicted molar refractivity (Wildman–Crippen MR) is 89.7 cm³/mol. The molecule has 0 bridgehead atoms. The first-order valence-electron chi connectivity index (χ1n) is 5.65. The summed E-state index contributed by atoms with van der Waals surface area (Å²) in [4.78, 5) is 8.75. The third-order valence-corrected chi connectivity index (χ3v) is 3.82. The van der Waals surface area contributed by atoms with Gasteiger partial charge in [0.25, 0.3) is 0 Å². The lowest BCUT2D eigenvalue weighted by Gasteiger charge is -2.08. The van der Waals surface area contributed by atoms with Gasteiger partial charge in [-0.3, -0.25) is 9.97 Å². The molecule has 0 saturated carbocycles. The van der Waals surface area contributed by atoms with E-state index >= 15 is 0 Å². The van der Waals surface area contributed by atoms with Crippen LogP contribution in [0.25, 0.3) is 11.0 Å². The molecule has 0 aliphatic carbocycles. The molecule has 0 unspecified atom stereocenters. The number of hydrogen-bond acceptors (Lipinski definition) is 3. The van der Waals surface area contributed by atoms with E-state index in [9.17, 15) is 0 Å². The average Bonchev–Trinajstić information content (AvgIpc) is 2.41. The smallest absolute Gasteiger partial charge is 0.112 e. The monoisotopic (exact) mass is 425 g/mol. The first-order valence-corrected chi connectivity index (χ1v) is 7.52. The number of nitrogens with zero attached hydrogens (tertiary/aromatic N) is 2. The molecule has 3 nitrogen and oxygen atoms in total. The summed E-state index contributed by atoms with van der Waals surface area (Å²) in [6.07, 6.45) is 3.56. The Morgan fingerprint density at radius 1 is 1.05 bits per heavy atom. The zero-order chi connectivity index (χ0) is 13.2. The van der Waals surface area contributed by atoms with E-state index in [1.165, 1.54) is 3.57 Å². The lowest BCUT2D eigenvalue weighted by molar-refractivity contribution is 1.32. The van der Waals surface area contributed by atoms with Gasteiger partial charge in [-0.15, -0.1) is 0 Å². The molecule has 2 aromatic heterocycles. The molecule has 3 rings (SSSR count). The molecule has 0 fully saturated rings. The van der Waals surface area contributed by atoms with Crippen molar-refractivity contribution in [2.45, 2.75) is 0 Å². The van der Waals surface area contributed by atoms with Gasteiger partial charge in [-0.05, 0) is 74.9 Å². The largest absolute Gasteiger partial charge is 0.354 e. The second-order valence-corrected chi connectivity index (χ2v) is 6.17. The molecule has 94 valence electrons. The van der Waals surface area contributed by atoms with E-state index in [4.69, 9.17) is 0 Å². The van der Waals surface area contributed by atoms with Crippen LogP contribution in [-0.4, -0.2) is 9.97 Å². The molecule has 19 heavy (non-hydrogen) atoms. The van der Waals surface area contributed by atoms with Crippen molar-refractivity contribution in [3.05, 3.63) is 56.8 Å². The number of aromatic nitrogens is 2. The number of halogens is 2. The summed E-state index contributed by atoms with van der Waals surface area (Å²) in [5.74, 6) is 0. The minimum absolute atomic E-state index is 0.865. The van der Waals surface area contributed by atoms with Crippen LogP contribution in [0, 0.1) is 3.57 Å². The summed E-state index contributed by atoms with van der Waals surface area (Å²) in [5.41, 5.74) is 3.73. The second-order valence-electron chi connectivity index (χ2n) is 4.01. The van der Waals surface area contributed by atoms with Crippen molar-refractivity contribution >= 4 is 60.9 Å². The van der Waals surface area contributed by atoms with E-state index in [-0.39, 0.29) is 0 Å². The Labute approximate surface area is 132 Å². The third kappa shape index (κ3) is 2.87. The first kappa shape index (κ1) is 12.8. The van der Waals surface area contributed by atoms with Crippen molar-refractivity contribution in [3.63, 3.8) is 0 Å².